The SMILES string of the molecule is CS(=O)(=O)c1ccc(NC(=O)CCn2ncc(=O)c3ccccc32)cc1. The second-order valence-corrected chi connectivity index (χ2v) is 7.86. The lowest BCUT2D eigenvalue weighted by molar-refractivity contribution is -0.116. The summed E-state index contributed by atoms with van der Waals surface area (Å²) in [7, 11) is -3.27. The van der Waals surface area contributed by atoms with Gasteiger partial charge in [-0.15, -0.1) is 0 Å². The number of anilines is 1. The Morgan fingerprint density at radius 3 is 2.50 bits per heavy atom. The van der Waals surface area contributed by atoms with Crippen molar-refractivity contribution in [2.24, 2.45) is 0 Å². The van der Waals surface area contributed by atoms with Crippen LogP contribution in [0.1, 0.15) is 6.42 Å². The van der Waals surface area contributed by atoms with Crippen molar-refractivity contribution in [1.82, 2.24) is 9.78 Å². The van der Waals surface area contributed by atoms with Gasteiger partial charge in [0.2, 0.25) is 11.3 Å². The maximum absolute atomic E-state index is 12.1. The molecule has 0 atom stereocenters. The van der Waals surface area contributed by atoms with Gasteiger partial charge in [0.05, 0.1) is 23.2 Å². The van der Waals surface area contributed by atoms with Crippen molar-refractivity contribution in [2.45, 2.75) is 17.9 Å². The van der Waals surface area contributed by atoms with Crippen LogP contribution in [0, 0.1) is 0 Å². The molecule has 0 spiro atoms. The first-order valence-electron chi connectivity index (χ1n) is 7.89. The zero-order chi connectivity index (χ0) is 18.7. The number of aromatic nitrogens is 2. The molecule has 26 heavy (non-hydrogen) atoms. The van der Waals surface area contributed by atoms with E-state index in [-0.39, 0.29) is 22.7 Å². The highest BCUT2D eigenvalue weighted by atomic mass is 32.2. The van der Waals surface area contributed by atoms with Crippen molar-refractivity contribution in [2.75, 3.05) is 11.6 Å². The van der Waals surface area contributed by atoms with E-state index >= 15 is 0 Å². The summed E-state index contributed by atoms with van der Waals surface area (Å²) in [5.41, 5.74) is 1.03. The van der Waals surface area contributed by atoms with Crippen molar-refractivity contribution in [3.05, 3.63) is 65.0 Å². The highest BCUT2D eigenvalue weighted by Crippen LogP contribution is 2.14. The predicted molar refractivity (Wildman–Crippen MR) is 98.8 cm³/mol. The molecule has 0 aliphatic carbocycles. The van der Waals surface area contributed by atoms with Crippen LogP contribution in [-0.2, 0) is 21.2 Å². The lowest BCUT2D eigenvalue weighted by Gasteiger charge is -2.10. The predicted octanol–water partition coefficient (Wildman–Crippen LogP) is 1.83. The molecule has 1 amide bonds. The number of carbonyl (C=O) groups excluding carboxylic acids is 1. The largest absolute Gasteiger partial charge is 0.326 e. The Morgan fingerprint density at radius 1 is 1.12 bits per heavy atom. The normalized spacial score (nSPS) is 11.4. The highest BCUT2D eigenvalue weighted by molar-refractivity contribution is 7.90. The van der Waals surface area contributed by atoms with E-state index in [1.54, 1.807) is 35.0 Å². The molecule has 7 nitrogen and oxygen atoms in total. The van der Waals surface area contributed by atoms with Crippen molar-refractivity contribution in [3.8, 4) is 0 Å². The summed E-state index contributed by atoms with van der Waals surface area (Å²) in [6.07, 6.45) is 2.53. The van der Waals surface area contributed by atoms with Crippen molar-refractivity contribution >= 4 is 32.3 Å². The van der Waals surface area contributed by atoms with E-state index < -0.39 is 9.84 Å². The fraction of sp³-hybridized carbons (Fsp3) is 0.167. The maximum atomic E-state index is 12.1. The van der Waals surface area contributed by atoms with Crippen LogP contribution in [-0.4, -0.2) is 30.4 Å². The van der Waals surface area contributed by atoms with Crippen LogP contribution in [0.3, 0.4) is 0 Å². The summed E-state index contributed by atoms with van der Waals surface area (Å²) in [6, 6.07) is 13.1. The molecule has 0 aliphatic heterocycles. The Hall–Kier alpha value is -3.00. The van der Waals surface area contributed by atoms with Gasteiger partial charge in [-0.2, -0.15) is 5.10 Å². The summed E-state index contributed by atoms with van der Waals surface area (Å²) < 4.78 is 24.5. The quantitative estimate of drug-likeness (QED) is 0.738. The number of benzene rings is 2. The minimum absolute atomic E-state index is 0.160. The van der Waals surface area contributed by atoms with Crippen LogP contribution >= 0.6 is 0 Å². The molecule has 3 aromatic rings. The molecule has 0 aliphatic rings. The average Bonchev–Trinajstić information content (AvgIpc) is 2.61. The third kappa shape index (κ3) is 3.97. The smallest absolute Gasteiger partial charge is 0.226 e. The third-order valence-electron chi connectivity index (χ3n) is 3.88. The molecular weight excluding hydrogens is 354 g/mol. The first-order valence-corrected chi connectivity index (χ1v) is 9.78. The van der Waals surface area contributed by atoms with Gasteiger partial charge in [-0.1, -0.05) is 12.1 Å². The molecule has 134 valence electrons. The molecule has 3 rings (SSSR count). The fourth-order valence-electron chi connectivity index (χ4n) is 2.56. The van der Waals surface area contributed by atoms with Gasteiger partial charge in [0.25, 0.3) is 0 Å². The number of sulfone groups is 1. The van der Waals surface area contributed by atoms with Gasteiger partial charge in [0.1, 0.15) is 0 Å². The molecule has 8 heteroatoms. The second-order valence-electron chi connectivity index (χ2n) is 5.84. The zero-order valence-electron chi connectivity index (χ0n) is 14.0. The molecular formula is C18H17N3O4S. The van der Waals surface area contributed by atoms with Gasteiger partial charge in [0, 0.05) is 23.8 Å². The van der Waals surface area contributed by atoms with E-state index in [0.29, 0.717) is 23.1 Å². The Labute approximate surface area is 150 Å². The second kappa shape index (κ2) is 7.09. The Bertz CT molecular complexity index is 1120. The summed E-state index contributed by atoms with van der Waals surface area (Å²) >= 11 is 0. The monoisotopic (exact) mass is 371 g/mol. The zero-order valence-corrected chi connectivity index (χ0v) is 14.9. The number of fused-ring (bicyclic) bond motifs is 1. The average molecular weight is 371 g/mol. The number of carbonyl (C=O) groups is 1. The van der Waals surface area contributed by atoms with Crippen LogP contribution in [0.4, 0.5) is 5.69 Å². The van der Waals surface area contributed by atoms with Crippen LogP contribution in [0.15, 0.2) is 64.4 Å². The van der Waals surface area contributed by atoms with Gasteiger partial charge in [0.15, 0.2) is 9.84 Å². The van der Waals surface area contributed by atoms with E-state index in [0.717, 1.165) is 6.26 Å². The molecule has 0 radical (unpaired) electrons. The summed E-state index contributed by atoms with van der Waals surface area (Å²) in [5, 5.41) is 7.35. The lowest BCUT2D eigenvalue weighted by atomic mass is 10.2. The Kier molecular flexibility index (Phi) is 4.85. The van der Waals surface area contributed by atoms with Gasteiger partial charge < -0.3 is 5.32 Å². The summed E-state index contributed by atoms with van der Waals surface area (Å²) in [4.78, 5) is 24.1. The number of para-hydroxylation sites is 1. The number of aryl methyl sites for hydroxylation is 1. The van der Waals surface area contributed by atoms with Gasteiger partial charge in [-0.3, -0.25) is 14.3 Å². The van der Waals surface area contributed by atoms with Crippen molar-refractivity contribution in [1.29, 1.82) is 0 Å². The number of nitrogens with one attached hydrogen (secondary N) is 1. The number of nitrogens with zero attached hydrogens (tertiary/aromatic N) is 2. The van der Waals surface area contributed by atoms with E-state index in [9.17, 15) is 18.0 Å². The van der Waals surface area contributed by atoms with Gasteiger partial charge in [-0.25, -0.2) is 8.42 Å². The van der Waals surface area contributed by atoms with E-state index in [4.69, 9.17) is 0 Å². The van der Waals surface area contributed by atoms with Crippen molar-refractivity contribution in [3.63, 3.8) is 0 Å². The highest BCUT2D eigenvalue weighted by Gasteiger charge is 2.09. The number of hydrogen-bond donors (Lipinski definition) is 1. The van der Waals surface area contributed by atoms with Crippen LogP contribution in [0.5, 0.6) is 0 Å². The summed E-state index contributed by atoms with van der Waals surface area (Å²) in [5.74, 6) is -0.235. The molecule has 2 aromatic carbocycles. The molecule has 0 saturated heterocycles. The first kappa shape index (κ1) is 17.8. The minimum Gasteiger partial charge on any atom is -0.326 e. The van der Waals surface area contributed by atoms with E-state index in [1.807, 2.05) is 6.07 Å². The van der Waals surface area contributed by atoms with Crippen LogP contribution < -0.4 is 10.7 Å². The minimum atomic E-state index is -3.27. The lowest BCUT2D eigenvalue weighted by Crippen LogP contribution is -2.18. The number of rotatable bonds is 5. The molecule has 0 fully saturated rings. The van der Waals surface area contributed by atoms with Gasteiger partial charge >= 0.3 is 0 Å². The Morgan fingerprint density at radius 2 is 1.81 bits per heavy atom. The third-order valence-corrected chi connectivity index (χ3v) is 5.01. The molecule has 0 unspecified atom stereocenters. The molecule has 0 saturated carbocycles. The molecule has 0 bridgehead atoms. The molecule has 1 N–H and O–H groups in total. The van der Waals surface area contributed by atoms with Crippen molar-refractivity contribution < 1.29 is 13.2 Å². The standard InChI is InChI=1S/C18H17N3O4S/c1-26(24,25)14-8-6-13(7-9-14)20-18(23)10-11-21-16-5-3-2-4-15(16)17(22)12-19-21/h2-9,12H,10-11H2,1H3,(H,20,23). The van der Waals surface area contributed by atoms with E-state index in [1.165, 1.54) is 18.3 Å². The topological polar surface area (TPSA) is 98.1 Å². The van der Waals surface area contributed by atoms with Crippen LogP contribution in [0.25, 0.3) is 10.9 Å². The number of amides is 1. The maximum Gasteiger partial charge on any atom is 0.226 e. The molecule has 1 heterocycles. The fourth-order valence-corrected chi connectivity index (χ4v) is 3.19. The number of hydrogen-bond acceptors (Lipinski definition) is 5. The molecule has 1 aromatic heterocycles. The van der Waals surface area contributed by atoms with Gasteiger partial charge in [-0.05, 0) is 36.4 Å². The first-order chi connectivity index (χ1) is 12.3. The summed E-state index contributed by atoms with van der Waals surface area (Å²) in [6.45, 7) is 0.314. The Balaban J connectivity index is 1.68. The van der Waals surface area contributed by atoms with E-state index in [2.05, 4.69) is 10.4 Å². The van der Waals surface area contributed by atoms with Crippen LogP contribution in [0.2, 0.25) is 0 Å².